The van der Waals surface area contributed by atoms with Crippen LogP contribution in [0.1, 0.15) is 19.3 Å². The SMILES string of the molecule is CSCCC(NC(=O)CNC(=O)C(N)CC(N)=O)C(=O)NC(CC(N)=O)C(=O)O. The number of carbonyl (C=O) groups excluding carboxylic acids is 5. The van der Waals surface area contributed by atoms with Crippen LogP contribution in [-0.4, -0.2) is 77.3 Å². The van der Waals surface area contributed by atoms with Gasteiger partial charge in [-0.3, -0.25) is 24.0 Å². The molecule has 0 aliphatic heterocycles. The van der Waals surface area contributed by atoms with E-state index in [2.05, 4.69) is 16.0 Å². The maximum atomic E-state index is 12.3. The Morgan fingerprint density at radius 1 is 0.931 bits per heavy atom. The molecule has 29 heavy (non-hydrogen) atoms. The maximum Gasteiger partial charge on any atom is 0.326 e. The predicted octanol–water partition coefficient (Wildman–Crippen LogP) is -4.01. The molecule has 164 valence electrons. The standard InChI is InChI=1S/C15H26N6O7S/c1-29-3-2-8(14(26)21-9(15(27)28)5-11(18)23)20-12(24)6-19-13(25)7(16)4-10(17)22/h7-9H,2-6,16H2,1H3,(H2,17,22)(H2,18,23)(H,19,25)(H,20,24)(H,21,26)(H,27,28). The summed E-state index contributed by atoms with van der Waals surface area (Å²) >= 11 is 1.39. The van der Waals surface area contributed by atoms with Crippen molar-refractivity contribution in [1.29, 1.82) is 0 Å². The Hall–Kier alpha value is -2.87. The number of aliphatic carboxylic acids is 1. The summed E-state index contributed by atoms with van der Waals surface area (Å²) in [7, 11) is 0. The van der Waals surface area contributed by atoms with Gasteiger partial charge >= 0.3 is 5.97 Å². The van der Waals surface area contributed by atoms with Crippen molar-refractivity contribution in [3.8, 4) is 0 Å². The Labute approximate surface area is 170 Å². The molecule has 0 aliphatic carbocycles. The average molecular weight is 434 g/mol. The van der Waals surface area contributed by atoms with Crippen molar-refractivity contribution >= 4 is 47.3 Å². The molecule has 0 heterocycles. The van der Waals surface area contributed by atoms with Gasteiger partial charge in [0.05, 0.1) is 25.4 Å². The van der Waals surface area contributed by atoms with Crippen LogP contribution in [0.2, 0.25) is 0 Å². The molecule has 0 radical (unpaired) electrons. The third-order valence-corrected chi connectivity index (χ3v) is 4.11. The van der Waals surface area contributed by atoms with Crippen molar-refractivity contribution in [3.63, 3.8) is 0 Å². The number of nitrogens with one attached hydrogen (secondary N) is 3. The first-order valence-corrected chi connectivity index (χ1v) is 9.78. The van der Waals surface area contributed by atoms with E-state index in [0.717, 1.165) is 0 Å². The van der Waals surface area contributed by atoms with Gasteiger partial charge in [0.2, 0.25) is 29.5 Å². The lowest BCUT2D eigenvalue weighted by Gasteiger charge is -2.21. The minimum atomic E-state index is -1.54. The quantitative estimate of drug-likeness (QED) is 0.141. The third kappa shape index (κ3) is 11.5. The summed E-state index contributed by atoms with van der Waals surface area (Å²) in [5, 5.41) is 15.8. The molecule has 0 spiro atoms. The Morgan fingerprint density at radius 3 is 2.00 bits per heavy atom. The molecular formula is C15H26N6O7S. The molecule has 0 fully saturated rings. The summed E-state index contributed by atoms with van der Waals surface area (Å²) in [6, 6.07) is -3.87. The van der Waals surface area contributed by atoms with Gasteiger partial charge in [0, 0.05) is 0 Å². The van der Waals surface area contributed by atoms with Crippen LogP contribution in [0.3, 0.4) is 0 Å². The number of rotatable bonds is 14. The average Bonchev–Trinajstić information content (AvgIpc) is 2.61. The van der Waals surface area contributed by atoms with Crippen LogP contribution in [0, 0.1) is 0 Å². The fraction of sp³-hybridized carbons (Fsp3) is 0.600. The largest absolute Gasteiger partial charge is 0.480 e. The van der Waals surface area contributed by atoms with E-state index in [-0.39, 0.29) is 6.42 Å². The summed E-state index contributed by atoms with van der Waals surface area (Å²) < 4.78 is 0. The van der Waals surface area contributed by atoms with E-state index in [9.17, 15) is 28.8 Å². The van der Waals surface area contributed by atoms with Crippen molar-refractivity contribution in [2.24, 2.45) is 17.2 Å². The van der Waals surface area contributed by atoms with E-state index in [1.54, 1.807) is 6.26 Å². The molecule has 0 saturated carbocycles. The van der Waals surface area contributed by atoms with Gasteiger partial charge in [0.1, 0.15) is 12.1 Å². The molecule has 0 aromatic carbocycles. The van der Waals surface area contributed by atoms with Crippen molar-refractivity contribution < 1.29 is 33.9 Å². The van der Waals surface area contributed by atoms with Crippen molar-refractivity contribution in [3.05, 3.63) is 0 Å². The zero-order chi connectivity index (χ0) is 22.6. The summed E-state index contributed by atoms with van der Waals surface area (Å²) in [4.78, 5) is 68.9. The second kappa shape index (κ2) is 13.3. The van der Waals surface area contributed by atoms with Gasteiger partial charge in [-0.15, -0.1) is 0 Å². The van der Waals surface area contributed by atoms with Crippen molar-refractivity contribution in [1.82, 2.24) is 16.0 Å². The first-order valence-electron chi connectivity index (χ1n) is 8.39. The third-order valence-electron chi connectivity index (χ3n) is 3.46. The van der Waals surface area contributed by atoms with E-state index < -0.39 is 73.0 Å². The first-order chi connectivity index (χ1) is 13.5. The van der Waals surface area contributed by atoms with Gasteiger partial charge in [-0.25, -0.2) is 4.79 Å². The van der Waals surface area contributed by atoms with E-state index in [0.29, 0.717) is 5.75 Å². The highest BCUT2D eigenvalue weighted by atomic mass is 32.2. The molecule has 0 bridgehead atoms. The fourth-order valence-electron chi connectivity index (χ4n) is 2.03. The van der Waals surface area contributed by atoms with E-state index in [4.69, 9.17) is 22.3 Å². The molecule has 13 nitrogen and oxygen atoms in total. The van der Waals surface area contributed by atoms with Crippen LogP contribution in [0.4, 0.5) is 0 Å². The van der Waals surface area contributed by atoms with Crippen LogP contribution in [0.15, 0.2) is 0 Å². The van der Waals surface area contributed by atoms with Crippen molar-refractivity contribution in [2.45, 2.75) is 37.4 Å². The van der Waals surface area contributed by atoms with E-state index >= 15 is 0 Å². The highest BCUT2D eigenvalue weighted by Gasteiger charge is 2.27. The Balaban J connectivity index is 4.87. The number of thioether (sulfide) groups is 1. The molecule has 0 rings (SSSR count). The van der Waals surface area contributed by atoms with Crippen LogP contribution >= 0.6 is 11.8 Å². The zero-order valence-corrected chi connectivity index (χ0v) is 16.6. The van der Waals surface area contributed by atoms with E-state index in [1.807, 2.05) is 0 Å². The number of hydrogen-bond donors (Lipinski definition) is 7. The lowest BCUT2D eigenvalue weighted by atomic mass is 10.1. The number of hydrogen-bond acceptors (Lipinski definition) is 8. The molecule has 14 heteroatoms. The lowest BCUT2D eigenvalue weighted by molar-refractivity contribution is -0.143. The van der Waals surface area contributed by atoms with Gasteiger partial charge < -0.3 is 38.3 Å². The van der Waals surface area contributed by atoms with Gasteiger partial charge in [-0.2, -0.15) is 11.8 Å². The summed E-state index contributed by atoms with van der Waals surface area (Å²) in [5.74, 6) is -5.04. The van der Waals surface area contributed by atoms with Gasteiger partial charge in [0.25, 0.3) is 0 Å². The highest BCUT2D eigenvalue weighted by molar-refractivity contribution is 7.98. The minimum Gasteiger partial charge on any atom is -0.480 e. The molecule has 3 atom stereocenters. The zero-order valence-electron chi connectivity index (χ0n) is 15.8. The van der Waals surface area contributed by atoms with Gasteiger partial charge in [-0.05, 0) is 18.4 Å². The van der Waals surface area contributed by atoms with Gasteiger partial charge in [-0.1, -0.05) is 0 Å². The summed E-state index contributed by atoms with van der Waals surface area (Å²) in [6.07, 6.45) is 0.918. The van der Waals surface area contributed by atoms with Crippen molar-refractivity contribution in [2.75, 3.05) is 18.6 Å². The van der Waals surface area contributed by atoms with E-state index in [1.165, 1.54) is 11.8 Å². The molecule has 5 amide bonds. The predicted molar refractivity (Wildman–Crippen MR) is 103 cm³/mol. The monoisotopic (exact) mass is 434 g/mol. The molecule has 0 aromatic rings. The normalized spacial score (nSPS) is 13.4. The molecule has 0 saturated heterocycles. The topological polar surface area (TPSA) is 237 Å². The van der Waals surface area contributed by atoms with Crippen LogP contribution in [0.25, 0.3) is 0 Å². The summed E-state index contributed by atoms with van der Waals surface area (Å²) in [5.41, 5.74) is 15.3. The number of carboxylic acids is 1. The molecular weight excluding hydrogens is 408 g/mol. The molecule has 10 N–H and O–H groups in total. The lowest BCUT2D eigenvalue weighted by Crippen LogP contribution is -2.54. The smallest absolute Gasteiger partial charge is 0.326 e. The second-order valence-electron chi connectivity index (χ2n) is 5.97. The minimum absolute atomic E-state index is 0.163. The molecule has 0 aliphatic rings. The van der Waals surface area contributed by atoms with Gasteiger partial charge in [0.15, 0.2) is 0 Å². The Morgan fingerprint density at radius 2 is 1.52 bits per heavy atom. The first kappa shape index (κ1) is 26.1. The number of primary amides is 2. The maximum absolute atomic E-state index is 12.3. The Kier molecular flexibility index (Phi) is 12.0. The number of carbonyl (C=O) groups is 6. The highest BCUT2D eigenvalue weighted by Crippen LogP contribution is 2.03. The molecule has 3 unspecified atom stereocenters. The number of carboxylic acid groups (broad SMARTS) is 1. The number of amides is 5. The summed E-state index contributed by atoms with van der Waals surface area (Å²) in [6.45, 7) is -0.530. The Bertz CT molecular complexity index is 645. The second-order valence-corrected chi connectivity index (χ2v) is 6.95. The fourth-order valence-corrected chi connectivity index (χ4v) is 2.50. The molecule has 0 aromatic heterocycles. The van der Waals surface area contributed by atoms with Crippen LogP contribution in [0.5, 0.6) is 0 Å². The number of nitrogens with two attached hydrogens (primary N) is 3. The van der Waals surface area contributed by atoms with Crippen LogP contribution in [-0.2, 0) is 28.8 Å². The van der Waals surface area contributed by atoms with Crippen LogP contribution < -0.4 is 33.2 Å².